The Hall–Kier alpha value is -2.50. The van der Waals surface area contributed by atoms with Crippen LogP contribution in [0, 0.1) is 23.4 Å². The van der Waals surface area contributed by atoms with Gasteiger partial charge in [0.25, 0.3) is 5.91 Å². The lowest BCUT2D eigenvalue weighted by molar-refractivity contribution is 0.0778. The molecule has 0 aliphatic carbocycles. The number of methoxy groups -OCH3 is 1. The van der Waals surface area contributed by atoms with E-state index in [0.29, 0.717) is 31.5 Å². The molecule has 1 aliphatic heterocycles. The van der Waals surface area contributed by atoms with Gasteiger partial charge in [-0.1, -0.05) is 6.07 Å². The number of rotatable bonds is 4. The Morgan fingerprint density at radius 3 is 2.60 bits per heavy atom. The van der Waals surface area contributed by atoms with Gasteiger partial charge in [0, 0.05) is 19.2 Å². The molecule has 1 amide bonds. The van der Waals surface area contributed by atoms with Crippen LogP contribution in [0.25, 0.3) is 0 Å². The van der Waals surface area contributed by atoms with Gasteiger partial charge in [0.1, 0.15) is 28.8 Å². The fourth-order valence-electron chi connectivity index (χ4n) is 3.29. The summed E-state index contributed by atoms with van der Waals surface area (Å²) in [6.45, 7) is 0.882. The van der Waals surface area contributed by atoms with E-state index in [4.69, 9.17) is 4.74 Å². The lowest BCUT2D eigenvalue weighted by Gasteiger charge is -2.18. The number of benzene rings is 2. The fraction of sp³-hybridized carbons (Fsp3) is 0.316. The van der Waals surface area contributed by atoms with Gasteiger partial charge in [-0.05, 0) is 48.6 Å². The number of ether oxygens (including phenoxy) is 1. The van der Waals surface area contributed by atoms with Crippen LogP contribution in [0.4, 0.5) is 13.2 Å². The third kappa shape index (κ3) is 3.78. The minimum atomic E-state index is -0.625. The van der Waals surface area contributed by atoms with Crippen molar-refractivity contribution in [1.29, 1.82) is 0 Å². The van der Waals surface area contributed by atoms with Crippen LogP contribution in [0.3, 0.4) is 0 Å². The molecule has 1 saturated heterocycles. The Labute approximate surface area is 144 Å². The zero-order chi connectivity index (χ0) is 18.0. The predicted octanol–water partition coefficient (Wildman–Crippen LogP) is 3.82. The van der Waals surface area contributed by atoms with Crippen LogP contribution < -0.4 is 4.74 Å². The molecule has 25 heavy (non-hydrogen) atoms. The minimum Gasteiger partial charge on any atom is -0.496 e. The highest BCUT2D eigenvalue weighted by atomic mass is 19.1. The van der Waals surface area contributed by atoms with E-state index in [1.165, 1.54) is 31.4 Å². The predicted molar refractivity (Wildman–Crippen MR) is 87.0 cm³/mol. The number of carbonyl (C=O) groups excluding carboxylic acids is 1. The van der Waals surface area contributed by atoms with E-state index in [9.17, 15) is 18.0 Å². The zero-order valence-corrected chi connectivity index (χ0v) is 13.8. The zero-order valence-electron chi connectivity index (χ0n) is 13.8. The first-order valence-corrected chi connectivity index (χ1v) is 8.04. The second-order valence-corrected chi connectivity index (χ2v) is 6.20. The standard InChI is InChI=1S/C19H18F3NO2/c1-25-17-4-2-3-16(22)18(17)19(24)23-6-5-12(11-23)7-13-8-14(20)10-15(21)9-13/h2-4,8-10,12H,5-7,11H2,1H3. The topological polar surface area (TPSA) is 29.5 Å². The molecule has 1 heterocycles. The van der Waals surface area contributed by atoms with Crippen molar-refractivity contribution in [2.75, 3.05) is 20.2 Å². The van der Waals surface area contributed by atoms with Gasteiger partial charge in [0.2, 0.25) is 0 Å². The Morgan fingerprint density at radius 1 is 1.20 bits per heavy atom. The molecule has 0 radical (unpaired) electrons. The number of likely N-dealkylation sites (tertiary alicyclic amines) is 1. The number of amides is 1. The van der Waals surface area contributed by atoms with Crippen LogP contribution in [0.5, 0.6) is 5.75 Å². The molecule has 0 aromatic heterocycles. The summed E-state index contributed by atoms with van der Waals surface area (Å²) < 4.78 is 45.7. The van der Waals surface area contributed by atoms with Crippen molar-refractivity contribution in [2.24, 2.45) is 5.92 Å². The maximum absolute atomic E-state index is 14.1. The summed E-state index contributed by atoms with van der Waals surface area (Å²) in [6.07, 6.45) is 1.16. The largest absolute Gasteiger partial charge is 0.496 e. The number of carbonyl (C=O) groups is 1. The molecule has 0 spiro atoms. The fourth-order valence-corrected chi connectivity index (χ4v) is 3.29. The van der Waals surface area contributed by atoms with Crippen LogP contribution in [-0.2, 0) is 6.42 Å². The molecule has 2 aromatic rings. The van der Waals surface area contributed by atoms with E-state index in [1.54, 1.807) is 11.0 Å². The molecule has 1 atom stereocenters. The summed E-state index contributed by atoms with van der Waals surface area (Å²) in [6, 6.07) is 7.67. The first-order chi connectivity index (χ1) is 12.0. The summed E-state index contributed by atoms with van der Waals surface area (Å²) in [7, 11) is 1.39. The number of hydrogen-bond acceptors (Lipinski definition) is 2. The quantitative estimate of drug-likeness (QED) is 0.840. The van der Waals surface area contributed by atoms with E-state index in [-0.39, 0.29) is 17.2 Å². The summed E-state index contributed by atoms with van der Waals surface area (Å²) in [5.41, 5.74) is 0.475. The Kier molecular flexibility index (Phi) is 4.97. The minimum absolute atomic E-state index is 0.0721. The maximum atomic E-state index is 14.1. The van der Waals surface area contributed by atoms with Crippen LogP contribution >= 0.6 is 0 Å². The van der Waals surface area contributed by atoms with Gasteiger partial charge in [-0.15, -0.1) is 0 Å². The summed E-state index contributed by atoms with van der Waals surface area (Å²) in [4.78, 5) is 14.2. The monoisotopic (exact) mass is 349 g/mol. The number of hydrogen-bond donors (Lipinski definition) is 0. The molecule has 1 fully saturated rings. The van der Waals surface area contributed by atoms with Crippen molar-refractivity contribution < 1.29 is 22.7 Å². The molecular formula is C19H18F3NO2. The van der Waals surface area contributed by atoms with Gasteiger partial charge < -0.3 is 9.64 Å². The second kappa shape index (κ2) is 7.17. The van der Waals surface area contributed by atoms with Crippen molar-refractivity contribution in [2.45, 2.75) is 12.8 Å². The Bertz CT molecular complexity index is 774. The molecule has 2 aromatic carbocycles. The van der Waals surface area contributed by atoms with E-state index in [0.717, 1.165) is 6.07 Å². The first kappa shape index (κ1) is 17.3. The highest BCUT2D eigenvalue weighted by Gasteiger charge is 2.30. The van der Waals surface area contributed by atoms with Crippen LogP contribution in [-0.4, -0.2) is 31.0 Å². The third-order valence-electron chi connectivity index (χ3n) is 4.43. The Balaban J connectivity index is 1.71. The van der Waals surface area contributed by atoms with Gasteiger partial charge >= 0.3 is 0 Å². The average Bonchev–Trinajstić information content (AvgIpc) is 3.01. The maximum Gasteiger partial charge on any atom is 0.260 e. The molecule has 0 N–H and O–H groups in total. The van der Waals surface area contributed by atoms with Gasteiger partial charge in [-0.2, -0.15) is 0 Å². The normalized spacial score (nSPS) is 17.0. The molecular weight excluding hydrogens is 331 g/mol. The van der Waals surface area contributed by atoms with E-state index >= 15 is 0 Å². The highest BCUT2D eigenvalue weighted by molar-refractivity contribution is 5.97. The number of halogens is 3. The van der Waals surface area contributed by atoms with E-state index < -0.39 is 23.4 Å². The first-order valence-electron chi connectivity index (χ1n) is 8.04. The van der Waals surface area contributed by atoms with Crippen molar-refractivity contribution in [3.63, 3.8) is 0 Å². The summed E-state index contributed by atoms with van der Waals surface area (Å²) in [5, 5.41) is 0. The third-order valence-corrected chi connectivity index (χ3v) is 4.43. The average molecular weight is 349 g/mol. The smallest absolute Gasteiger partial charge is 0.260 e. The second-order valence-electron chi connectivity index (χ2n) is 6.20. The van der Waals surface area contributed by atoms with E-state index in [1.807, 2.05) is 0 Å². The SMILES string of the molecule is COc1cccc(F)c1C(=O)N1CCC(Cc2cc(F)cc(F)c2)C1. The molecule has 3 rings (SSSR count). The molecule has 1 aliphatic rings. The van der Waals surface area contributed by atoms with Gasteiger partial charge in [-0.25, -0.2) is 13.2 Å². The number of nitrogens with zero attached hydrogens (tertiary/aromatic N) is 1. The summed E-state index contributed by atoms with van der Waals surface area (Å²) in [5.74, 6) is -2.01. The van der Waals surface area contributed by atoms with Gasteiger partial charge in [-0.3, -0.25) is 4.79 Å². The molecule has 0 saturated carbocycles. The van der Waals surface area contributed by atoms with Crippen LogP contribution in [0.2, 0.25) is 0 Å². The molecule has 132 valence electrons. The van der Waals surface area contributed by atoms with Crippen molar-refractivity contribution >= 4 is 5.91 Å². The van der Waals surface area contributed by atoms with Crippen LogP contribution in [0.1, 0.15) is 22.3 Å². The lowest BCUT2D eigenvalue weighted by atomic mass is 9.98. The lowest BCUT2D eigenvalue weighted by Crippen LogP contribution is -2.30. The van der Waals surface area contributed by atoms with Crippen molar-refractivity contribution in [1.82, 2.24) is 4.90 Å². The molecule has 3 nitrogen and oxygen atoms in total. The van der Waals surface area contributed by atoms with Crippen LogP contribution in [0.15, 0.2) is 36.4 Å². The van der Waals surface area contributed by atoms with Gasteiger partial charge in [0.15, 0.2) is 0 Å². The molecule has 1 unspecified atom stereocenters. The Morgan fingerprint density at radius 2 is 1.92 bits per heavy atom. The summed E-state index contributed by atoms with van der Waals surface area (Å²) >= 11 is 0. The van der Waals surface area contributed by atoms with Gasteiger partial charge in [0.05, 0.1) is 7.11 Å². The van der Waals surface area contributed by atoms with Crippen molar-refractivity contribution in [3.8, 4) is 5.75 Å². The van der Waals surface area contributed by atoms with E-state index in [2.05, 4.69) is 0 Å². The highest BCUT2D eigenvalue weighted by Crippen LogP contribution is 2.27. The van der Waals surface area contributed by atoms with Crippen molar-refractivity contribution in [3.05, 3.63) is 65.0 Å². The molecule has 0 bridgehead atoms. The molecule has 6 heteroatoms.